The molecule has 3 rings (SSSR count). The van der Waals surface area contributed by atoms with Crippen LogP contribution in [0.5, 0.6) is 0 Å². The predicted octanol–water partition coefficient (Wildman–Crippen LogP) is 2.96. The minimum absolute atomic E-state index is 0.279. The van der Waals surface area contributed by atoms with Gasteiger partial charge in [0.15, 0.2) is 5.82 Å². The highest BCUT2D eigenvalue weighted by molar-refractivity contribution is 7.99. The van der Waals surface area contributed by atoms with E-state index in [0.717, 1.165) is 12.5 Å². The molecule has 0 radical (unpaired) electrons. The number of halogens is 2. The van der Waals surface area contributed by atoms with E-state index in [-0.39, 0.29) is 11.6 Å². The lowest BCUT2D eigenvalue weighted by Gasteiger charge is -2.17. The third kappa shape index (κ3) is 3.28. The molecule has 23 heavy (non-hydrogen) atoms. The first kappa shape index (κ1) is 16.1. The Kier molecular flexibility index (Phi) is 4.45. The lowest BCUT2D eigenvalue weighted by Crippen LogP contribution is -2.21. The number of hydrogen-bond acceptors (Lipinski definition) is 5. The monoisotopic (exact) mass is 337 g/mol. The molecule has 0 saturated carbocycles. The van der Waals surface area contributed by atoms with E-state index in [4.69, 9.17) is 5.73 Å². The van der Waals surface area contributed by atoms with Crippen molar-refractivity contribution < 1.29 is 8.78 Å². The Morgan fingerprint density at radius 2 is 2.09 bits per heavy atom. The van der Waals surface area contributed by atoms with Crippen molar-refractivity contribution in [1.82, 2.24) is 14.9 Å². The lowest BCUT2D eigenvalue weighted by molar-refractivity contribution is 0.478. The Morgan fingerprint density at radius 3 is 2.78 bits per heavy atom. The zero-order chi connectivity index (χ0) is 16.6. The molecule has 5 nitrogen and oxygen atoms in total. The highest BCUT2D eigenvalue weighted by Crippen LogP contribution is 2.28. The quantitative estimate of drug-likeness (QED) is 0.931. The van der Waals surface area contributed by atoms with Crippen LogP contribution in [0.25, 0.3) is 0 Å². The van der Waals surface area contributed by atoms with E-state index in [1.807, 2.05) is 0 Å². The molecule has 0 amide bonds. The summed E-state index contributed by atoms with van der Waals surface area (Å²) in [5.74, 6) is 0.169. The van der Waals surface area contributed by atoms with Gasteiger partial charge in [0.05, 0.1) is 11.8 Å². The Morgan fingerprint density at radius 1 is 1.30 bits per heavy atom. The molecule has 2 N–H and O–H groups in total. The standard InChI is InChI=1S/C15H17F2N5S/c1-8(2)5-12(18)14-19-20-15-22(14)21-13(7-23-15)10-4-3-9(16)6-11(10)17/h3-4,6,8,12H,5,7,18H2,1-2H3. The molecule has 0 aliphatic carbocycles. The van der Waals surface area contributed by atoms with Crippen LogP contribution in [0.15, 0.2) is 28.5 Å². The van der Waals surface area contributed by atoms with Crippen LogP contribution in [0.3, 0.4) is 0 Å². The Balaban J connectivity index is 1.98. The highest BCUT2D eigenvalue weighted by atomic mass is 32.2. The molecule has 1 unspecified atom stereocenters. The van der Waals surface area contributed by atoms with Crippen LogP contribution in [-0.4, -0.2) is 26.3 Å². The van der Waals surface area contributed by atoms with Crippen molar-refractivity contribution in [3.05, 3.63) is 41.2 Å². The molecule has 0 fully saturated rings. The first-order valence-corrected chi connectivity index (χ1v) is 8.31. The Bertz CT molecular complexity index is 756. The Hall–Kier alpha value is -1.80. The van der Waals surface area contributed by atoms with E-state index in [9.17, 15) is 8.78 Å². The fourth-order valence-electron chi connectivity index (χ4n) is 2.44. The number of hydrogen-bond donors (Lipinski definition) is 1. The summed E-state index contributed by atoms with van der Waals surface area (Å²) in [7, 11) is 0. The molecular formula is C15H17F2N5S. The lowest BCUT2D eigenvalue weighted by atomic mass is 10.0. The summed E-state index contributed by atoms with van der Waals surface area (Å²) in [5.41, 5.74) is 6.96. The molecule has 0 saturated heterocycles. The topological polar surface area (TPSA) is 69.1 Å². The molecule has 1 aromatic heterocycles. The summed E-state index contributed by atoms with van der Waals surface area (Å²) in [4.78, 5) is 0. The smallest absolute Gasteiger partial charge is 0.212 e. The number of nitrogens with two attached hydrogens (primary N) is 1. The molecular weight excluding hydrogens is 320 g/mol. The van der Waals surface area contributed by atoms with E-state index in [1.165, 1.54) is 23.9 Å². The molecule has 1 aromatic carbocycles. The second-order valence-electron chi connectivity index (χ2n) is 5.85. The third-order valence-electron chi connectivity index (χ3n) is 3.49. The maximum Gasteiger partial charge on any atom is 0.212 e. The van der Waals surface area contributed by atoms with Crippen LogP contribution >= 0.6 is 11.8 Å². The van der Waals surface area contributed by atoms with Crippen molar-refractivity contribution in [1.29, 1.82) is 0 Å². The van der Waals surface area contributed by atoms with Gasteiger partial charge >= 0.3 is 0 Å². The first-order valence-electron chi connectivity index (χ1n) is 7.32. The van der Waals surface area contributed by atoms with E-state index in [2.05, 4.69) is 29.1 Å². The Labute approximate surface area is 137 Å². The number of fused-ring (bicyclic) bond motifs is 1. The number of aromatic nitrogens is 3. The number of nitrogens with zero attached hydrogens (tertiary/aromatic N) is 4. The van der Waals surface area contributed by atoms with Crippen LogP contribution in [0.2, 0.25) is 0 Å². The minimum Gasteiger partial charge on any atom is -0.321 e. The predicted molar refractivity (Wildman–Crippen MR) is 85.4 cm³/mol. The highest BCUT2D eigenvalue weighted by Gasteiger charge is 2.24. The number of thioether (sulfide) groups is 1. The van der Waals surface area contributed by atoms with Gasteiger partial charge in [0, 0.05) is 17.4 Å². The van der Waals surface area contributed by atoms with Gasteiger partial charge in [0.25, 0.3) is 0 Å². The molecule has 0 spiro atoms. The zero-order valence-electron chi connectivity index (χ0n) is 12.8. The van der Waals surface area contributed by atoms with Gasteiger partial charge in [-0.1, -0.05) is 25.6 Å². The van der Waals surface area contributed by atoms with Crippen LogP contribution in [0.1, 0.15) is 37.7 Å². The fraction of sp³-hybridized carbons (Fsp3) is 0.400. The van der Waals surface area contributed by atoms with E-state index < -0.39 is 11.6 Å². The molecule has 1 atom stereocenters. The molecule has 2 heterocycles. The minimum atomic E-state index is -0.631. The zero-order valence-corrected chi connectivity index (χ0v) is 13.6. The summed E-state index contributed by atoms with van der Waals surface area (Å²) in [6.07, 6.45) is 0.749. The summed E-state index contributed by atoms with van der Waals surface area (Å²) < 4.78 is 28.6. The number of benzene rings is 1. The largest absolute Gasteiger partial charge is 0.321 e. The summed E-state index contributed by atoms with van der Waals surface area (Å²) in [5, 5.41) is 13.3. The van der Waals surface area contributed by atoms with Crippen molar-refractivity contribution in [2.75, 3.05) is 5.75 Å². The molecule has 8 heteroatoms. The van der Waals surface area contributed by atoms with Crippen LogP contribution < -0.4 is 5.73 Å². The van der Waals surface area contributed by atoms with E-state index >= 15 is 0 Å². The van der Waals surface area contributed by atoms with Gasteiger partial charge in [-0.05, 0) is 24.5 Å². The fourth-order valence-corrected chi connectivity index (χ4v) is 3.28. The molecule has 0 bridgehead atoms. The molecule has 1 aliphatic rings. The summed E-state index contributed by atoms with van der Waals surface area (Å²) in [6.45, 7) is 4.15. The van der Waals surface area contributed by atoms with Crippen molar-refractivity contribution in [3.8, 4) is 0 Å². The maximum atomic E-state index is 14.0. The van der Waals surface area contributed by atoms with E-state index in [0.29, 0.717) is 28.4 Å². The van der Waals surface area contributed by atoms with Gasteiger partial charge in [0.2, 0.25) is 5.16 Å². The summed E-state index contributed by atoms with van der Waals surface area (Å²) >= 11 is 1.40. The molecule has 122 valence electrons. The number of rotatable bonds is 4. The van der Waals surface area contributed by atoms with Crippen molar-refractivity contribution in [2.45, 2.75) is 31.5 Å². The average molecular weight is 337 g/mol. The van der Waals surface area contributed by atoms with Gasteiger partial charge in [0.1, 0.15) is 11.6 Å². The van der Waals surface area contributed by atoms with Gasteiger partial charge < -0.3 is 5.73 Å². The SMILES string of the molecule is CC(C)CC(N)c1nnc2n1N=C(c1ccc(F)cc1F)CS2. The van der Waals surface area contributed by atoms with Gasteiger partial charge in [-0.2, -0.15) is 9.78 Å². The average Bonchev–Trinajstić information content (AvgIpc) is 2.89. The van der Waals surface area contributed by atoms with Crippen LogP contribution in [0.4, 0.5) is 8.78 Å². The van der Waals surface area contributed by atoms with Gasteiger partial charge in [-0.15, -0.1) is 10.2 Å². The normalized spacial score (nSPS) is 15.5. The molecule has 2 aromatic rings. The third-order valence-corrected chi connectivity index (χ3v) is 4.42. The second kappa shape index (κ2) is 6.37. The summed E-state index contributed by atoms with van der Waals surface area (Å²) in [6, 6.07) is 3.18. The molecule has 1 aliphatic heterocycles. The van der Waals surface area contributed by atoms with Crippen molar-refractivity contribution in [2.24, 2.45) is 16.8 Å². The first-order chi connectivity index (χ1) is 11.0. The van der Waals surface area contributed by atoms with E-state index in [1.54, 1.807) is 4.68 Å². The second-order valence-corrected chi connectivity index (χ2v) is 6.79. The maximum absolute atomic E-state index is 14.0. The van der Waals surface area contributed by atoms with Crippen molar-refractivity contribution >= 4 is 17.5 Å². The van der Waals surface area contributed by atoms with Gasteiger partial charge in [-0.25, -0.2) is 8.78 Å². The van der Waals surface area contributed by atoms with Gasteiger partial charge in [-0.3, -0.25) is 0 Å². The van der Waals surface area contributed by atoms with Crippen LogP contribution in [0, 0.1) is 17.6 Å². The van der Waals surface area contributed by atoms with Crippen LogP contribution in [-0.2, 0) is 0 Å². The van der Waals surface area contributed by atoms with Crippen molar-refractivity contribution in [3.63, 3.8) is 0 Å².